The van der Waals surface area contributed by atoms with E-state index in [9.17, 15) is 9.59 Å². The van der Waals surface area contributed by atoms with Crippen LogP contribution in [-0.2, 0) is 4.74 Å². The molecule has 3 rings (SSSR count). The number of ether oxygens (including phenoxy) is 1. The number of carbonyl (C=O) groups excluding carboxylic acids is 2. The summed E-state index contributed by atoms with van der Waals surface area (Å²) >= 11 is 12.0. The zero-order valence-electron chi connectivity index (χ0n) is 16.8. The second kappa shape index (κ2) is 10.7. The van der Waals surface area contributed by atoms with Gasteiger partial charge in [0.15, 0.2) is 0 Å². The normalized spacial score (nSPS) is 14.4. The Labute approximate surface area is 186 Å². The molecule has 8 heteroatoms. The maximum absolute atomic E-state index is 12.5. The number of nitrogens with zero attached hydrogens (tertiary/aromatic N) is 1. The largest absolute Gasteiger partial charge is 0.383 e. The van der Waals surface area contributed by atoms with Crippen molar-refractivity contribution in [3.05, 3.63) is 63.6 Å². The van der Waals surface area contributed by atoms with Crippen molar-refractivity contribution in [2.75, 3.05) is 38.3 Å². The second-order valence-electron chi connectivity index (χ2n) is 7.12. The molecule has 0 radical (unpaired) electrons. The second-order valence-corrected chi connectivity index (χ2v) is 7.97. The van der Waals surface area contributed by atoms with E-state index in [1.807, 2.05) is 24.3 Å². The molecule has 0 spiro atoms. The summed E-state index contributed by atoms with van der Waals surface area (Å²) < 4.78 is 4.99. The van der Waals surface area contributed by atoms with Gasteiger partial charge in [-0.1, -0.05) is 35.3 Å². The Balaban J connectivity index is 1.59. The van der Waals surface area contributed by atoms with Crippen molar-refractivity contribution in [3.8, 4) is 0 Å². The van der Waals surface area contributed by atoms with Gasteiger partial charge in [0.05, 0.1) is 22.8 Å². The Morgan fingerprint density at radius 2 is 1.80 bits per heavy atom. The summed E-state index contributed by atoms with van der Waals surface area (Å²) in [7, 11) is 1.60. The molecule has 1 fully saturated rings. The molecule has 1 aliphatic rings. The summed E-state index contributed by atoms with van der Waals surface area (Å²) in [4.78, 5) is 27.3. The Bertz CT molecular complexity index is 899. The van der Waals surface area contributed by atoms with Crippen molar-refractivity contribution in [3.63, 3.8) is 0 Å². The molecule has 0 aromatic heterocycles. The summed E-state index contributed by atoms with van der Waals surface area (Å²) in [5.41, 5.74) is 1.96. The number of anilines is 1. The van der Waals surface area contributed by atoms with Crippen LogP contribution >= 0.6 is 23.2 Å². The first-order chi connectivity index (χ1) is 14.5. The molecule has 2 aromatic rings. The molecular weight excluding hydrogens is 425 g/mol. The zero-order chi connectivity index (χ0) is 21.5. The standard InChI is InChI=1S/C22H25Cl2N3O3/c1-30-13-10-25-21(28)18-4-2-3-5-20(18)27-11-8-16(9-12-27)26-22(29)17-7-6-15(23)14-19(17)24/h2-7,14,16H,8-13H2,1H3,(H,25,28)(H,26,29). The lowest BCUT2D eigenvalue weighted by atomic mass is 10.0. The third kappa shape index (κ3) is 5.65. The van der Waals surface area contributed by atoms with Gasteiger partial charge in [0.2, 0.25) is 0 Å². The minimum absolute atomic E-state index is 0.0446. The van der Waals surface area contributed by atoms with Gasteiger partial charge in [-0.2, -0.15) is 0 Å². The highest BCUT2D eigenvalue weighted by Gasteiger charge is 2.24. The van der Waals surface area contributed by atoms with Crippen LogP contribution < -0.4 is 15.5 Å². The van der Waals surface area contributed by atoms with E-state index < -0.39 is 0 Å². The zero-order valence-corrected chi connectivity index (χ0v) is 18.3. The Hall–Kier alpha value is -2.28. The number of methoxy groups -OCH3 is 1. The van der Waals surface area contributed by atoms with E-state index in [1.165, 1.54) is 0 Å². The van der Waals surface area contributed by atoms with Crippen LogP contribution in [0.2, 0.25) is 10.0 Å². The third-order valence-corrected chi connectivity index (χ3v) is 5.63. The van der Waals surface area contributed by atoms with Crippen LogP contribution in [0, 0.1) is 0 Å². The average molecular weight is 450 g/mol. The van der Waals surface area contributed by atoms with Gasteiger partial charge < -0.3 is 20.3 Å². The molecule has 0 unspecified atom stereocenters. The number of carbonyl (C=O) groups is 2. The monoisotopic (exact) mass is 449 g/mol. The van der Waals surface area contributed by atoms with Crippen molar-refractivity contribution < 1.29 is 14.3 Å². The van der Waals surface area contributed by atoms with E-state index in [-0.39, 0.29) is 17.9 Å². The van der Waals surface area contributed by atoms with E-state index in [2.05, 4.69) is 15.5 Å². The minimum atomic E-state index is -0.201. The molecule has 0 bridgehead atoms. The van der Waals surface area contributed by atoms with E-state index in [4.69, 9.17) is 27.9 Å². The number of nitrogens with one attached hydrogen (secondary N) is 2. The van der Waals surface area contributed by atoms with Crippen LogP contribution in [-0.4, -0.2) is 51.2 Å². The van der Waals surface area contributed by atoms with Gasteiger partial charge in [0, 0.05) is 43.5 Å². The highest BCUT2D eigenvalue weighted by atomic mass is 35.5. The number of halogens is 2. The summed E-state index contributed by atoms with van der Waals surface area (Å²) in [6.07, 6.45) is 1.55. The maximum Gasteiger partial charge on any atom is 0.253 e. The fourth-order valence-corrected chi connectivity index (χ4v) is 4.00. The highest BCUT2D eigenvalue weighted by Crippen LogP contribution is 2.25. The fraction of sp³-hybridized carbons (Fsp3) is 0.364. The molecule has 0 saturated carbocycles. The smallest absolute Gasteiger partial charge is 0.253 e. The Morgan fingerprint density at radius 3 is 2.50 bits per heavy atom. The van der Waals surface area contributed by atoms with Crippen molar-refractivity contribution in [2.24, 2.45) is 0 Å². The first-order valence-electron chi connectivity index (χ1n) is 9.86. The molecule has 160 valence electrons. The molecule has 0 aliphatic carbocycles. The van der Waals surface area contributed by atoms with Crippen molar-refractivity contribution >= 4 is 40.7 Å². The molecule has 1 saturated heterocycles. The molecule has 2 N–H and O–H groups in total. The Morgan fingerprint density at radius 1 is 1.07 bits per heavy atom. The average Bonchev–Trinajstić information content (AvgIpc) is 2.74. The number of para-hydroxylation sites is 1. The van der Waals surface area contributed by atoms with Crippen LogP contribution in [0.4, 0.5) is 5.69 Å². The summed E-state index contributed by atoms with van der Waals surface area (Å²) in [6, 6.07) is 12.5. The first-order valence-corrected chi connectivity index (χ1v) is 10.6. The number of amides is 2. The number of benzene rings is 2. The van der Waals surface area contributed by atoms with Crippen LogP contribution in [0.25, 0.3) is 0 Å². The lowest BCUT2D eigenvalue weighted by Gasteiger charge is -2.35. The van der Waals surface area contributed by atoms with Crippen LogP contribution in [0.5, 0.6) is 0 Å². The quantitative estimate of drug-likeness (QED) is 0.631. The molecule has 0 atom stereocenters. The molecule has 1 aliphatic heterocycles. The highest BCUT2D eigenvalue weighted by molar-refractivity contribution is 6.36. The van der Waals surface area contributed by atoms with Gasteiger partial charge in [0.1, 0.15) is 0 Å². The van der Waals surface area contributed by atoms with Gasteiger partial charge in [-0.15, -0.1) is 0 Å². The number of hydrogen-bond donors (Lipinski definition) is 2. The topological polar surface area (TPSA) is 70.7 Å². The van der Waals surface area contributed by atoms with Crippen LogP contribution in [0.15, 0.2) is 42.5 Å². The SMILES string of the molecule is COCCNC(=O)c1ccccc1N1CCC(NC(=O)c2ccc(Cl)cc2Cl)CC1. The van der Waals surface area contributed by atoms with E-state index >= 15 is 0 Å². The van der Waals surface area contributed by atoms with E-state index in [1.54, 1.807) is 25.3 Å². The lowest BCUT2D eigenvalue weighted by Crippen LogP contribution is -2.45. The van der Waals surface area contributed by atoms with E-state index in [0.717, 1.165) is 31.6 Å². The predicted octanol–water partition coefficient (Wildman–Crippen LogP) is 3.77. The van der Waals surface area contributed by atoms with Gasteiger partial charge >= 0.3 is 0 Å². The summed E-state index contributed by atoms with van der Waals surface area (Å²) in [6.45, 7) is 2.41. The van der Waals surface area contributed by atoms with Crippen molar-refractivity contribution in [1.82, 2.24) is 10.6 Å². The maximum atomic E-state index is 12.5. The minimum Gasteiger partial charge on any atom is -0.383 e. The summed E-state index contributed by atoms with van der Waals surface area (Å²) in [5, 5.41) is 6.76. The van der Waals surface area contributed by atoms with Gasteiger partial charge in [-0.25, -0.2) is 0 Å². The number of hydrogen-bond acceptors (Lipinski definition) is 4. The molecule has 1 heterocycles. The van der Waals surface area contributed by atoms with E-state index in [0.29, 0.717) is 34.3 Å². The van der Waals surface area contributed by atoms with Crippen molar-refractivity contribution in [2.45, 2.75) is 18.9 Å². The van der Waals surface area contributed by atoms with Gasteiger partial charge in [0.25, 0.3) is 11.8 Å². The first kappa shape index (κ1) is 22.4. The predicted molar refractivity (Wildman–Crippen MR) is 120 cm³/mol. The molecule has 2 amide bonds. The molecule has 30 heavy (non-hydrogen) atoms. The number of rotatable bonds is 7. The summed E-state index contributed by atoms with van der Waals surface area (Å²) in [5.74, 6) is -0.316. The van der Waals surface area contributed by atoms with Gasteiger partial charge in [-0.3, -0.25) is 9.59 Å². The lowest BCUT2D eigenvalue weighted by molar-refractivity contribution is 0.0928. The third-order valence-electron chi connectivity index (χ3n) is 5.09. The molecule has 2 aromatic carbocycles. The fourth-order valence-electron chi connectivity index (χ4n) is 3.50. The van der Waals surface area contributed by atoms with Crippen molar-refractivity contribution in [1.29, 1.82) is 0 Å². The van der Waals surface area contributed by atoms with Crippen LogP contribution in [0.3, 0.4) is 0 Å². The van der Waals surface area contributed by atoms with Gasteiger partial charge in [-0.05, 0) is 43.2 Å². The Kier molecular flexibility index (Phi) is 7.96. The van der Waals surface area contributed by atoms with Crippen LogP contribution in [0.1, 0.15) is 33.6 Å². The molecular formula is C22H25Cl2N3O3. The molecule has 6 nitrogen and oxygen atoms in total. The number of piperidine rings is 1.